The summed E-state index contributed by atoms with van der Waals surface area (Å²) in [6.45, 7) is 0.219. The van der Waals surface area contributed by atoms with Gasteiger partial charge in [0.2, 0.25) is 5.91 Å². The first-order valence-electron chi connectivity index (χ1n) is 11.1. The minimum Gasteiger partial charge on any atom is -0.354 e. The summed E-state index contributed by atoms with van der Waals surface area (Å²) < 4.78 is 0. The summed E-state index contributed by atoms with van der Waals surface area (Å²) in [6.07, 6.45) is -0.110. The number of nitrogens with one attached hydrogen (secondary N) is 2. The summed E-state index contributed by atoms with van der Waals surface area (Å²) in [4.78, 5) is 50.3. The molecule has 3 heterocycles. The highest BCUT2D eigenvalue weighted by molar-refractivity contribution is 6.17. The standard InChI is InChI=1S/C26H21N5O3/c32-23(27-14-13-22-28-19-10-4-5-11-20(19)29-22)15-30-24-16-7-1-2-8-17(16)26(34)31(24)21-12-6-3-9-18(21)25(30)33/h1-12,24H,13-15H2,(H,27,32)(H,28,29)/t24-/m0/s1. The smallest absolute Gasteiger partial charge is 0.260 e. The molecule has 0 saturated heterocycles. The van der Waals surface area contributed by atoms with E-state index in [1.165, 1.54) is 4.90 Å². The summed E-state index contributed by atoms with van der Waals surface area (Å²) in [6, 6.07) is 22.0. The van der Waals surface area contributed by atoms with Crippen molar-refractivity contribution >= 4 is 34.4 Å². The van der Waals surface area contributed by atoms with E-state index in [0.717, 1.165) is 22.4 Å². The molecule has 0 fully saturated rings. The van der Waals surface area contributed by atoms with Crippen LogP contribution in [0.4, 0.5) is 5.69 Å². The maximum Gasteiger partial charge on any atom is 0.260 e. The summed E-state index contributed by atoms with van der Waals surface area (Å²) in [5, 5.41) is 2.89. The second-order valence-corrected chi connectivity index (χ2v) is 8.39. The number of benzene rings is 3. The first-order chi connectivity index (χ1) is 16.6. The Bertz CT molecular complexity index is 1430. The number of carbonyl (C=O) groups is 3. The van der Waals surface area contributed by atoms with Gasteiger partial charge >= 0.3 is 0 Å². The Morgan fingerprint density at radius 3 is 2.50 bits per heavy atom. The highest BCUT2D eigenvalue weighted by atomic mass is 16.2. The van der Waals surface area contributed by atoms with Crippen LogP contribution >= 0.6 is 0 Å². The molecule has 6 rings (SSSR count). The van der Waals surface area contributed by atoms with Crippen molar-refractivity contribution in [1.82, 2.24) is 20.2 Å². The Morgan fingerprint density at radius 1 is 0.912 bits per heavy atom. The number of para-hydroxylation sites is 3. The molecule has 0 spiro atoms. The molecule has 8 heteroatoms. The van der Waals surface area contributed by atoms with Crippen LogP contribution in [0.15, 0.2) is 72.8 Å². The van der Waals surface area contributed by atoms with E-state index in [4.69, 9.17) is 0 Å². The second-order valence-electron chi connectivity index (χ2n) is 8.39. The van der Waals surface area contributed by atoms with Crippen LogP contribution in [0.1, 0.15) is 38.3 Å². The molecule has 0 saturated carbocycles. The van der Waals surface area contributed by atoms with Crippen LogP contribution in [0.25, 0.3) is 11.0 Å². The topological polar surface area (TPSA) is 98.4 Å². The number of hydrogen-bond acceptors (Lipinski definition) is 4. The lowest BCUT2D eigenvalue weighted by atomic mass is 10.0. The van der Waals surface area contributed by atoms with Gasteiger partial charge in [0.15, 0.2) is 0 Å². The van der Waals surface area contributed by atoms with Crippen LogP contribution in [0.2, 0.25) is 0 Å². The molecular weight excluding hydrogens is 430 g/mol. The second kappa shape index (κ2) is 7.84. The van der Waals surface area contributed by atoms with E-state index in [2.05, 4.69) is 15.3 Å². The van der Waals surface area contributed by atoms with Gasteiger partial charge in [-0.2, -0.15) is 0 Å². The van der Waals surface area contributed by atoms with E-state index in [1.54, 1.807) is 41.3 Å². The molecule has 3 amide bonds. The van der Waals surface area contributed by atoms with Crippen LogP contribution in [0.3, 0.4) is 0 Å². The van der Waals surface area contributed by atoms with Gasteiger partial charge in [0, 0.05) is 24.1 Å². The number of aromatic amines is 1. The van der Waals surface area contributed by atoms with Gasteiger partial charge in [0.05, 0.1) is 22.3 Å². The van der Waals surface area contributed by atoms with Crippen LogP contribution in [0, 0.1) is 0 Å². The number of hydrogen-bond donors (Lipinski definition) is 2. The molecule has 8 nitrogen and oxygen atoms in total. The van der Waals surface area contributed by atoms with Crippen molar-refractivity contribution in [2.45, 2.75) is 12.6 Å². The fourth-order valence-electron chi connectivity index (χ4n) is 4.79. The molecule has 168 valence electrons. The number of aromatic nitrogens is 2. The van der Waals surface area contributed by atoms with Crippen molar-refractivity contribution in [3.8, 4) is 0 Å². The minimum absolute atomic E-state index is 0.157. The molecule has 1 aromatic heterocycles. The third-order valence-corrected chi connectivity index (χ3v) is 6.32. The van der Waals surface area contributed by atoms with E-state index < -0.39 is 6.17 Å². The third kappa shape index (κ3) is 3.14. The average molecular weight is 451 g/mol. The summed E-state index contributed by atoms with van der Waals surface area (Å²) >= 11 is 0. The predicted molar refractivity (Wildman–Crippen MR) is 126 cm³/mol. The molecule has 0 unspecified atom stereocenters. The number of H-pyrrole nitrogens is 1. The van der Waals surface area contributed by atoms with Gasteiger partial charge in [0.1, 0.15) is 18.5 Å². The van der Waals surface area contributed by atoms with Crippen molar-refractivity contribution in [2.24, 2.45) is 0 Å². The Labute approximate surface area is 195 Å². The van der Waals surface area contributed by atoms with E-state index >= 15 is 0 Å². The summed E-state index contributed by atoms with van der Waals surface area (Å²) in [7, 11) is 0. The monoisotopic (exact) mass is 451 g/mol. The zero-order valence-electron chi connectivity index (χ0n) is 18.2. The maximum absolute atomic E-state index is 13.4. The lowest BCUT2D eigenvalue weighted by Crippen LogP contribution is -2.51. The van der Waals surface area contributed by atoms with Crippen molar-refractivity contribution in [1.29, 1.82) is 0 Å². The molecule has 0 radical (unpaired) electrons. The molecule has 2 aliphatic heterocycles. The molecule has 2 aliphatic rings. The zero-order valence-corrected chi connectivity index (χ0v) is 18.2. The Hall–Kier alpha value is -4.46. The Balaban J connectivity index is 1.22. The van der Waals surface area contributed by atoms with Gasteiger partial charge in [-0.15, -0.1) is 0 Å². The average Bonchev–Trinajstić information content (AvgIpc) is 3.40. The number of anilines is 1. The molecule has 1 atom stereocenters. The number of fused-ring (bicyclic) bond motifs is 6. The fourth-order valence-corrected chi connectivity index (χ4v) is 4.79. The van der Waals surface area contributed by atoms with Gasteiger partial charge in [-0.1, -0.05) is 42.5 Å². The van der Waals surface area contributed by atoms with Crippen LogP contribution in [-0.2, 0) is 11.2 Å². The number of nitrogens with zero attached hydrogens (tertiary/aromatic N) is 3. The number of imidazole rings is 1. The fraction of sp³-hybridized carbons (Fsp3) is 0.154. The summed E-state index contributed by atoms with van der Waals surface area (Å²) in [5.74, 6) is 0.0521. The van der Waals surface area contributed by atoms with Crippen LogP contribution in [-0.4, -0.2) is 45.7 Å². The SMILES string of the molecule is O=C(CN1C(=O)c2ccccc2N2C(=O)c3ccccc3[C@@H]12)NCCc1nc2ccccc2[nH]1. The number of rotatable bonds is 5. The first kappa shape index (κ1) is 20.2. The van der Waals surface area contributed by atoms with Crippen molar-refractivity contribution in [3.05, 3.63) is 95.3 Å². The van der Waals surface area contributed by atoms with Crippen molar-refractivity contribution in [3.63, 3.8) is 0 Å². The maximum atomic E-state index is 13.4. The first-order valence-corrected chi connectivity index (χ1v) is 11.1. The largest absolute Gasteiger partial charge is 0.354 e. The van der Waals surface area contributed by atoms with Crippen molar-refractivity contribution in [2.75, 3.05) is 18.0 Å². The van der Waals surface area contributed by atoms with Gasteiger partial charge < -0.3 is 15.2 Å². The highest BCUT2D eigenvalue weighted by Gasteiger charge is 2.47. The van der Waals surface area contributed by atoms with E-state index in [1.807, 2.05) is 36.4 Å². The Morgan fingerprint density at radius 2 is 1.65 bits per heavy atom. The number of carbonyl (C=O) groups excluding carboxylic acids is 3. The molecule has 34 heavy (non-hydrogen) atoms. The van der Waals surface area contributed by atoms with E-state index in [0.29, 0.717) is 29.8 Å². The predicted octanol–water partition coefficient (Wildman–Crippen LogP) is 3.04. The normalized spacial score (nSPS) is 16.4. The molecule has 0 bridgehead atoms. The van der Waals surface area contributed by atoms with Gasteiger partial charge in [0.25, 0.3) is 11.8 Å². The molecular formula is C26H21N5O3. The number of amides is 3. The van der Waals surface area contributed by atoms with Crippen LogP contribution in [0.5, 0.6) is 0 Å². The molecule has 2 N–H and O–H groups in total. The lowest BCUT2D eigenvalue weighted by Gasteiger charge is -2.40. The Kier molecular flexibility index (Phi) is 4.65. The van der Waals surface area contributed by atoms with E-state index in [-0.39, 0.29) is 24.3 Å². The minimum atomic E-state index is -0.646. The zero-order chi connectivity index (χ0) is 23.2. The van der Waals surface area contributed by atoms with E-state index in [9.17, 15) is 14.4 Å². The lowest BCUT2D eigenvalue weighted by molar-refractivity contribution is -0.122. The molecule has 4 aromatic rings. The highest BCUT2D eigenvalue weighted by Crippen LogP contribution is 2.44. The molecule has 0 aliphatic carbocycles. The van der Waals surface area contributed by atoms with Crippen LogP contribution < -0.4 is 10.2 Å². The van der Waals surface area contributed by atoms with Gasteiger partial charge in [-0.05, 0) is 30.3 Å². The third-order valence-electron chi connectivity index (χ3n) is 6.32. The molecule has 3 aromatic carbocycles. The van der Waals surface area contributed by atoms with Gasteiger partial charge in [-0.25, -0.2) is 4.98 Å². The summed E-state index contributed by atoms with van der Waals surface area (Å²) in [5.41, 5.74) is 4.09. The quantitative estimate of drug-likeness (QED) is 0.487. The van der Waals surface area contributed by atoms with Crippen molar-refractivity contribution < 1.29 is 14.4 Å². The van der Waals surface area contributed by atoms with Gasteiger partial charge in [-0.3, -0.25) is 19.3 Å².